The third-order valence-electron chi connectivity index (χ3n) is 12.2. The zero-order chi connectivity index (χ0) is 41.7. The highest BCUT2D eigenvalue weighted by molar-refractivity contribution is 6.82. The number of nitrogens with zero attached hydrogens (tertiary/aromatic N) is 1. The maximum absolute atomic E-state index is 16.0. The molecule has 59 heavy (non-hydrogen) atoms. The second-order valence-corrected chi connectivity index (χ2v) is 22.3. The number of halogens is 4. The summed E-state index contributed by atoms with van der Waals surface area (Å²) in [6.07, 6.45) is 8.52. The van der Waals surface area contributed by atoms with E-state index in [0.717, 1.165) is 5.56 Å². The molecule has 0 amide bonds. The minimum absolute atomic E-state index is 0.0977. The van der Waals surface area contributed by atoms with Gasteiger partial charge in [0.25, 0.3) is 0 Å². The molecule has 0 radical (unpaired) electrons. The Labute approximate surface area is 341 Å². The van der Waals surface area contributed by atoms with Gasteiger partial charge in [0.15, 0.2) is 8.24 Å². The molecule has 1 atom stereocenters. The van der Waals surface area contributed by atoms with Crippen LogP contribution in [0.2, 0.25) is 16.6 Å². The SMILES string of the molecule is CC(C)[Si](C(C)C)(C(C)C)n1ccc(-c2cc(F)cc3c(Cc4cccc(F)c4)c(C(C=O)c4oc5c(-c6cc[nH]c6)cc(F)cc5c4Cc4cccc(F)c4)oc23)c1. The number of rotatable bonds is 13. The Morgan fingerprint density at radius 1 is 0.644 bits per heavy atom. The summed E-state index contributed by atoms with van der Waals surface area (Å²) in [4.78, 5) is 16.7. The molecule has 0 saturated heterocycles. The first-order chi connectivity index (χ1) is 28.3. The van der Waals surface area contributed by atoms with Crippen LogP contribution in [0.3, 0.4) is 0 Å². The maximum Gasteiger partial charge on any atom is 0.168 e. The molecule has 0 bridgehead atoms. The van der Waals surface area contributed by atoms with Crippen LogP contribution >= 0.6 is 0 Å². The summed E-state index contributed by atoms with van der Waals surface area (Å²) in [5.41, 5.74) is 6.43. The lowest BCUT2D eigenvalue weighted by Crippen LogP contribution is -2.51. The number of aromatic amines is 1. The van der Waals surface area contributed by atoms with Crippen molar-refractivity contribution in [1.82, 2.24) is 9.22 Å². The van der Waals surface area contributed by atoms with E-state index in [2.05, 4.69) is 63.2 Å². The Bertz CT molecular complexity index is 2790. The number of H-pyrrole nitrogens is 1. The predicted molar refractivity (Wildman–Crippen MR) is 228 cm³/mol. The summed E-state index contributed by atoms with van der Waals surface area (Å²) in [5.74, 6) is -2.77. The van der Waals surface area contributed by atoms with Gasteiger partial charge in [-0.1, -0.05) is 65.8 Å². The number of hydrogen-bond donors (Lipinski definition) is 1. The van der Waals surface area contributed by atoms with Gasteiger partial charge < -0.3 is 22.8 Å². The highest BCUT2D eigenvalue weighted by atomic mass is 28.3. The molecule has 5 nitrogen and oxygen atoms in total. The summed E-state index contributed by atoms with van der Waals surface area (Å²) in [6, 6.07) is 21.5. The van der Waals surface area contributed by atoms with Crippen LogP contribution in [0.15, 0.2) is 119 Å². The topological polar surface area (TPSA) is 64.1 Å². The average molecular weight is 815 g/mol. The first-order valence-electron chi connectivity index (χ1n) is 20.1. The lowest BCUT2D eigenvalue weighted by Gasteiger charge is -2.44. The van der Waals surface area contributed by atoms with Crippen LogP contribution in [-0.4, -0.2) is 23.7 Å². The summed E-state index contributed by atoms with van der Waals surface area (Å²) >= 11 is 0. The maximum atomic E-state index is 16.0. The normalized spacial score (nSPS) is 12.8. The van der Waals surface area contributed by atoms with Crippen molar-refractivity contribution < 1.29 is 31.2 Å². The molecule has 8 aromatic rings. The predicted octanol–water partition coefficient (Wildman–Crippen LogP) is 13.7. The highest BCUT2D eigenvalue weighted by Crippen LogP contribution is 2.47. The Morgan fingerprint density at radius 3 is 1.59 bits per heavy atom. The Morgan fingerprint density at radius 2 is 1.15 bits per heavy atom. The van der Waals surface area contributed by atoms with Crippen molar-refractivity contribution >= 4 is 36.5 Å². The van der Waals surface area contributed by atoms with Crippen LogP contribution in [0.25, 0.3) is 44.2 Å². The quantitative estimate of drug-likeness (QED) is 0.0716. The van der Waals surface area contributed by atoms with E-state index in [4.69, 9.17) is 8.83 Å². The van der Waals surface area contributed by atoms with Gasteiger partial charge in [0.1, 0.15) is 58.2 Å². The number of carbonyl (C=O) groups is 1. The molecule has 1 N–H and O–H groups in total. The number of aldehydes is 1. The monoisotopic (exact) mass is 814 g/mol. The molecule has 10 heteroatoms. The van der Waals surface area contributed by atoms with E-state index in [1.165, 1.54) is 48.5 Å². The van der Waals surface area contributed by atoms with Crippen molar-refractivity contribution in [2.24, 2.45) is 0 Å². The third-order valence-corrected chi connectivity index (χ3v) is 18.9. The van der Waals surface area contributed by atoms with Crippen molar-refractivity contribution in [3.8, 4) is 22.3 Å². The lowest BCUT2D eigenvalue weighted by molar-refractivity contribution is -0.108. The highest BCUT2D eigenvalue weighted by Gasteiger charge is 2.45. The minimum Gasteiger partial charge on any atom is -0.459 e. The number of benzene rings is 4. The molecule has 8 rings (SSSR count). The van der Waals surface area contributed by atoms with Crippen LogP contribution < -0.4 is 0 Å². The van der Waals surface area contributed by atoms with E-state index in [9.17, 15) is 13.6 Å². The molecular weight excluding hydrogens is 769 g/mol. The van der Waals surface area contributed by atoms with E-state index < -0.39 is 37.4 Å². The molecule has 4 aromatic carbocycles. The van der Waals surface area contributed by atoms with E-state index >= 15 is 8.78 Å². The van der Waals surface area contributed by atoms with E-state index in [-0.39, 0.29) is 24.4 Å². The van der Waals surface area contributed by atoms with Crippen molar-refractivity contribution in [3.63, 3.8) is 0 Å². The van der Waals surface area contributed by atoms with Crippen LogP contribution in [-0.2, 0) is 17.6 Å². The van der Waals surface area contributed by atoms with Gasteiger partial charge in [-0.15, -0.1) is 0 Å². The van der Waals surface area contributed by atoms with Crippen molar-refractivity contribution in [3.05, 3.63) is 167 Å². The number of nitrogens with one attached hydrogen (secondary N) is 1. The Kier molecular flexibility index (Phi) is 10.6. The number of furan rings is 2. The third kappa shape index (κ3) is 7.07. The Balaban J connectivity index is 1.39. The first kappa shape index (κ1) is 39.9. The fourth-order valence-corrected chi connectivity index (χ4v) is 16.4. The fourth-order valence-electron chi connectivity index (χ4n) is 9.89. The van der Waals surface area contributed by atoms with Gasteiger partial charge in [-0.25, -0.2) is 17.6 Å². The summed E-state index contributed by atoms with van der Waals surface area (Å²) in [6.45, 7) is 13.7. The van der Waals surface area contributed by atoms with Crippen molar-refractivity contribution in [2.45, 2.75) is 76.9 Å². The number of fused-ring (bicyclic) bond motifs is 2. The molecule has 4 aromatic heterocycles. The second kappa shape index (κ2) is 15.7. The zero-order valence-electron chi connectivity index (χ0n) is 33.9. The molecule has 4 heterocycles. The summed E-state index contributed by atoms with van der Waals surface area (Å²) in [7, 11) is -2.17. The Hall–Kier alpha value is -5.87. The number of aromatic nitrogens is 2. The van der Waals surface area contributed by atoms with Crippen LogP contribution in [0.1, 0.15) is 81.2 Å². The van der Waals surface area contributed by atoms with Gasteiger partial charge in [-0.3, -0.25) is 0 Å². The molecule has 1 unspecified atom stereocenters. The van der Waals surface area contributed by atoms with Gasteiger partial charge in [-0.05, 0) is 94.6 Å². The van der Waals surface area contributed by atoms with E-state index in [1.807, 2.05) is 6.07 Å². The molecule has 0 aliphatic rings. The molecule has 0 fully saturated rings. The van der Waals surface area contributed by atoms with Gasteiger partial charge in [-0.2, -0.15) is 0 Å². The first-order valence-corrected chi connectivity index (χ1v) is 22.2. The van der Waals surface area contributed by atoms with Crippen LogP contribution in [0, 0.1) is 23.3 Å². The standard InChI is InChI=1S/C49H46F4N2O3Si/c1-28(2)59(29(3)4,30(5)6)55-16-14-34(26-55)40-22-38(53)24-44-42(20-32-10-8-12-36(51)18-32)49(58-47(40)44)45(27-56)48-41(19-31-9-7-11-35(50)17-31)43-23-37(52)21-39(46(43)57-48)33-13-15-54-25-33/h7-18,21-30,45,54H,19-20H2,1-6H3. The molecule has 0 spiro atoms. The molecule has 302 valence electrons. The van der Waals surface area contributed by atoms with Crippen LogP contribution in [0.4, 0.5) is 17.6 Å². The van der Waals surface area contributed by atoms with Gasteiger partial charge in [0, 0.05) is 75.6 Å². The molecule has 0 saturated carbocycles. The van der Waals surface area contributed by atoms with Gasteiger partial charge in [0.2, 0.25) is 0 Å². The molecule has 0 aliphatic carbocycles. The fraction of sp³-hybridized carbons (Fsp3) is 0.245. The van der Waals surface area contributed by atoms with Crippen molar-refractivity contribution in [2.75, 3.05) is 0 Å². The average Bonchev–Trinajstić information content (AvgIpc) is 4.00. The molecular formula is C49H46F4N2O3Si. The minimum atomic E-state index is -2.17. The van der Waals surface area contributed by atoms with Gasteiger partial charge in [0.05, 0.1) is 0 Å². The van der Waals surface area contributed by atoms with Gasteiger partial charge >= 0.3 is 0 Å². The summed E-state index contributed by atoms with van der Waals surface area (Å²) in [5, 5.41) is 0.845. The summed E-state index contributed by atoms with van der Waals surface area (Å²) < 4.78 is 76.8. The largest absolute Gasteiger partial charge is 0.459 e. The van der Waals surface area contributed by atoms with E-state index in [1.54, 1.807) is 42.7 Å². The molecule has 0 aliphatic heterocycles. The zero-order valence-corrected chi connectivity index (χ0v) is 34.9. The smallest absolute Gasteiger partial charge is 0.168 e. The second-order valence-electron chi connectivity index (χ2n) is 16.5. The van der Waals surface area contributed by atoms with Crippen LogP contribution in [0.5, 0.6) is 0 Å². The lowest BCUT2D eigenvalue weighted by atomic mass is 9.90. The van der Waals surface area contributed by atoms with Crippen molar-refractivity contribution in [1.29, 1.82) is 0 Å². The number of carbonyl (C=O) groups excluding carboxylic acids is 1. The van der Waals surface area contributed by atoms with E-state index in [0.29, 0.717) is 83.8 Å². The number of hydrogen-bond acceptors (Lipinski definition) is 3.